The van der Waals surface area contributed by atoms with Crippen LogP contribution in [0, 0.1) is 5.82 Å². The summed E-state index contributed by atoms with van der Waals surface area (Å²) in [4.78, 5) is 11.2. The fourth-order valence-electron chi connectivity index (χ4n) is 3.82. The second-order valence-corrected chi connectivity index (χ2v) is 8.45. The van der Waals surface area contributed by atoms with E-state index in [0.717, 1.165) is 57.8 Å². The van der Waals surface area contributed by atoms with Crippen molar-refractivity contribution in [1.82, 2.24) is 24.6 Å². The number of rotatable bonds is 7. The molecule has 6 nitrogen and oxygen atoms in total. The largest absolute Gasteiger partial charge is 0.355 e. The van der Waals surface area contributed by atoms with Gasteiger partial charge in [-0.15, -0.1) is 0 Å². The van der Waals surface area contributed by atoms with Crippen LogP contribution in [0.25, 0.3) is 33.3 Å². The van der Waals surface area contributed by atoms with Gasteiger partial charge in [-0.1, -0.05) is 12.1 Å². The molecule has 0 aliphatic rings. The van der Waals surface area contributed by atoms with Gasteiger partial charge in [0.15, 0.2) is 0 Å². The van der Waals surface area contributed by atoms with Crippen molar-refractivity contribution >= 4 is 22.3 Å². The zero-order valence-corrected chi connectivity index (χ0v) is 19.1. The minimum Gasteiger partial charge on any atom is -0.355 e. The molecule has 0 fully saturated rings. The number of likely N-dealkylation sites (N-methyl/N-ethyl adjacent to an activating group) is 1. The number of hydrogen-bond acceptors (Lipinski definition) is 5. The fourth-order valence-corrected chi connectivity index (χ4v) is 3.82. The highest BCUT2D eigenvalue weighted by atomic mass is 19.1. The Labute approximate surface area is 197 Å². The summed E-state index contributed by atoms with van der Waals surface area (Å²) in [5, 5.41) is 8.99. The lowest BCUT2D eigenvalue weighted by Gasteiger charge is -2.11. The molecule has 0 spiro atoms. The van der Waals surface area contributed by atoms with Crippen LogP contribution in [-0.4, -0.2) is 45.3 Å². The molecule has 3 heterocycles. The van der Waals surface area contributed by atoms with Crippen LogP contribution in [0.4, 0.5) is 15.8 Å². The predicted octanol–water partition coefficient (Wildman–Crippen LogP) is 5.60. The lowest BCUT2D eigenvalue weighted by atomic mass is 10.1. The van der Waals surface area contributed by atoms with Crippen LogP contribution < -0.4 is 5.32 Å². The number of aromatic nitrogens is 4. The number of nitrogens with one attached hydrogen (secondary N) is 1. The highest BCUT2D eigenvalue weighted by molar-refractivity contribution is 5.95. The average Bonchev–Trinajstić information content (AvgIpc) is 3.32. The third kappa shape index (κ3) is 4.79. The number of nitrogens with zero attached hydrogens (tertiary/aromatic N) is 5. The van der Waals surface area contributed by atoms with Crippen LogP contribution in [0.3, 0.4) is 0 Å². The van der Waals surface area contributed by atoms with Crippen molar-refractivity contribution in [2.24, 2.45) is 0 Å². The number of halogens is 1. The van der Waals surface area contributed by atoms with Gasteiger partial charge < -0.3 is 10.2 Å². The van der Waals surface area contributed by atoms with Crippen molar-refractivity contribution in [1.29, 1.82) is 0 Å². The van der Waals surface area contributed by atoms with Crippen LogP contribution in [-0.2, 0) is 6.54 Å². The standard InChI is InChI=1S/C27H25FN6/c1-33(2)13-14-34-18-21(17-31-34)20-5-8-24-25(10-12-30-27(24)15-20)32-23-9-11-29-26(16-23)19-3-6-22(28)7-4-19/h3-12,15-18H,13-14H2,1-2H3,(H,29,30,32). The summed E-state index contributed by atoms with van der Waals surface area (Å²) in [5.74, 6) is -0.262. The summed E-state index contributed by atoms with van der Waals surface area (Å²) in [6, 6.07) is 18.4. The molecule has 0 atom stereocenters. The first kappa shape index (κ1) is 21.7. The van der Waals surface area contributed by atoms with Gasteiger partial charge >= 0.3 is 0 Å². The Bertz CT molecular complexity index is 1430. The second kappa shape index (κ2) is 9.41. The number of hydrogen-bond donors (Lipinski definition) is 1. The van der Waals surface area contributed by atoms with Gasteiger partial charge in [0.2, 0.25) is 0 Å². The van der Waals surface area contributed by atoms with Crippen LogP contribution in [0.15, 0.2) is 85.5 Å². The van der Waals surface area contributed by atoms with Gasteiger partial charge in [0.25, 0.3) is 0 Å². The van der Waals surface area contributed by atoms with E-state index in [1.54, 1.807) is 24.5 Å². The Balaban J connectivity index is 1.40. The van der Waals surface area contributed by atoms with E-state index < -0.39 is 0 Å². The first-order valence-electron chi connectivity index (χ1n) is 11.1. The quantitative estimate of drug-likeness (QED) is 0.348. The van der Waals surface area contributed by atoms with E-state index in [4.69, 9.17) is 0 Å². The van der Waals surface area contributed by atoms with E-state index in [0.29, 0.717) is 0 Å². The fraction of sp³-hybridized carbons (Fsp3) is 0.148. The molecule has 1 N–H and O–H groups in total. The van der Waals surface area contributed by atoms with Crippen molar-refractivity contribution in [3.05, 3.63) is 91.3 Å². The average molecular weight is 453 g/mol. The molecule has 0 amide bonds. The van der Waals surface area contributed by atoms with Gasteiger partial charge in [0.05, 0.1) is 24.0 Å². The second-order valence-electron chi connectivity index (χ2n) is 8.45. The molecule has 0 bridgehead atoms. The van der Waals surface area contributed by atoms with E-state index in [1.165, 1.54) is 12.1 Å². The van der Waals surface area contributed by atoms with Crippen molar-refractivity contribution in [2.75, 3.05) is 26.0 Å². The number of fused-ring (bicyclic) bond motifs is 1. The first-order chi connectivity index (χ1) is 16.5. The number of pyridine rings is 2. The predicted molar refractivity (Wildman–Crippen MR) is 134 cm³/mol. The van der Waals surface area contributed by atoms with Gasteiger partial charge in [-0.3, -0.25) is 14.6 Å². The van der Waals surface area contributed by atoms with Gasteiger partial charge in [0, 0.05) is 53.0 Å². The van der Waals surface area contributed by atoms with E-state index in [9.17, 15) is 4.39 Å². The molecule has 0 unspecified atom stereocenters. The summed E-state index contributed by atoms with van der Waals surface area (Å²) in [5.41, 5.74) is 6.53. The third-order valence-corrected chi connectivity index (χ3v) is 5.66. The molecule has 5 aromatic rings. The van der Waals surface area contributed by atoms with E-state index in [1.807, 2.05) is 29.1 Å². The Hall–Kier alpha value is -4.10. The van der Waals surface area contributed by atoms with E-state index in [2.05, 4.69) is 63.8 Å². The topological polar surface area (TPSA) is 58.9 Å². The van der Waals surface area contributed by atoms with Gasteiger partial charge in [0.1, 0.15) is 5.82 Å². The molecule has 0 radical (unpaired) electrons. The monoisotopic (exact) mass is 452 g/mol. The normalized spacial score (nSPS) is 11.3. The molecule has 0 saturated carbocycles. The Morgan fingerprint density at radius 1 is 0.882 bits per heavy atom. The van der Waals surface area contributed by atoms with Crippen molar-refractivity contribution in [3.8, 4) is 22.4 Å². The molecule has 34 heavy (non-hydrogen) atoms. The van der Waals surface area contributed by atoms with Gasteiger partial charge in [-0.25, -0.2) is 4.39 Å². The Kier molecular flexibility index (Phi) is 6.01. The molecule has 0 aliphatic heterocycles. The Morgan fingerprint density at radius 2 is 1.68 bits per heavy atom. The number of anilines is 2. The summed E-state index contributed by atoms with van der Waals surface area (Å²) in [6.45, 7) is 1.78. The van der Waals surface area contributed by atoms with Crippen molar-refractivity contribution in [3.63, 3.8) is 0 Å². The Morgan fingerprint density at radius 3 is 2.50 bits per heavy atom. The molecule has 7 heteroatoms. The van der Waals surface area contributed by atoms with E-state index in [-0.39, 0.29) is 5.82 Å². The van der Waals surface area contributed by atoms with Crippen LogP contribution in [0.5, 0.6) is 0 Å². The molecule has 3 aromatic heterocycles. The zero-order chi connectivity index (χ0) is 23.5. The maximum absolute atomic E-state index is 13.3. The van der Waals surface area contributed by atoms with E-state index >= 15 is 0 Å². The maximum atomic E-state index is 13.3. The minimum atomic E-state index is -0.262. The SMILES string of the molecule is CN(C)CCn1cc(-c2ccc3c(Nc4ccnc(-c5ccc(F)cc5)c4)ccnc3c2)cn1. The summed E-state index contributed by atoms with van der Waals surface area (Å²) >= 11 is 0. The molecule has 0 aliphatic carbocycles. The maximum Gasteiger partial charge on any atom is 0.123 e. The van der Waals surface area contributed by atoms with Crippen molar-refractivity contribution in [2.45, 2.75) is 6.54 Å². The van der Waals surface area contributed by atoms with Crippen LogP contribution in [0.2, 0.25) is 0 Å². The zero-order valence-electron chi connectivity index (χ0n) is 19.1. The molecule has 0 saturated heterocycles. The minimum absolute atomic E-state index is 0.262. The highest BCUT2D eigenvalue weighted by Crippen LogP contribution is 2.30. The van der Waals surface area contributed by atoms with Crippen LogP contribution >= 0.6 is 0 Å². The smallest absolute Gasteiger partial charge is 0.123 e. The first-order valence-corrected chi connectivity index (χ1v) is 11.1. The molecule has 5 rings (SSSR count). The third-order valence-electron chi connectivity index (χ3n) is 5.66. The highest BCUT2D eigenvalue weighted by Gasteiger charge is 2.08. The molecule has 170 valence electrons. The van der Waals surface area contributed by atoms with Gasteiger partial charge in [-0.05, 0) is 68.2 Å². The summed E-state index contributed by atoms with van der Waals surface area (Å²) in [7, 11) is 4.11. The van der Waals surface area contributed by atoms with Crippen LogP contribution in [0.1, 0.15) is 0 Å². The molecule has 2 aromatic carbocycles. The summed E-state index contributed by atoms with van der Waals surface area (Å²) in [6.07, 6.45) is 7.51. The summed E-state index contributed by atoms with van der Waals surface area (Å²) < 4.78 is 15.2. The number of benzene rings is 2. The molecular weight excluding hydrogens is 427 g/mol. The molecular formula is C27H25FN6. The van der Waals surface area contributed by atoms with Crippen molar-refractivity contribution < 1.29 is 4.39 Å². The lowest BCUT2D eigenvalue weighted by Crippen LogP contribution is -2.18. The van der Waals surface area contributed by atoms with Gasteiger partial charge in [-0.2, -0.15) is 5.10 Å². The lowest BCUT2D eigenvalue weighted by molar-refractivity contribution is 0.373.